The molecule has 2 aromatic heterocycles. The van der Waals surface area contributed by atoms with E-state index in [2.05, 4.69) is 55.9 Å². The highest BCUT2D eigenvalue weighted by Crippen LogP contribution is 2.37. The van der Waals surface area contributed by atoms with E-state index in [0.717, 1.165) is 47.8 Å². The van der Waals surface area contributed by atoms with Crippen LogP contribution in [0.3, 0.4) is 0 Å². The van der Waals surface area contributed by atoms with Crippen LogP contribution < -0.4 is 4.90 Å². The highest BCUT2D eigenvalue weighted by atomic mass is 35.5. The smallest absolute Gasteiger partial charge is 0.156 e. The number of aromatic amines is 1. The van der Waals surface area contributed by atoms with Gasteiger partial charge in [-0.3, -0.25) is 0 Å². The third-order valence-corrected chi connectivity index (χ3v) is 5.83. The second kappa shape index (κ2) is 7.75. The van der Waals surface area contributed by atoms with Crippen molar-refractivity contribution in [2.45, 2.75) is 52.8 Å². The fraction of sp³-hybridized carbons (Fsp3) is 0.478. The molecule has 0 saturated heterocycles. The Morgan fingerprint density at radius 3 is 2.46 bits per heavy atom. The third kappa shape index (κ3) is 3.62. The standard InChI is InChI=1S/C23H29ClN4/c1-5-8-28(13-17-6-7-17)23-22-21(26-19(11-24)27-23)18(12-25-22)20-15(3)9-14(2)10-16(20)4/h9-10,12,17,25H,5-8,11,13H2,1-4H3. The molecule has 2 heterocycles. The Labute approximate surface area is 172 Å². The lowest BCUT2D eigenvalue weighted by Gasteiger charge is -2.24. The van der Waals surface area contributed by atoms with Gasteiger partial charge in [0.2, 0.25) is 0 Å². The van der Waals surface area contributed by atoms with Gasteiger partial charge in [0, 0.05) is 24.8 Å². The van der Waals surface area contributed by atoms with Gasteiger partial charge >= 0.3 is 0 Å². The van der Waals surface area contributed by atoms with E-state index in [4.69, 9.17) is 21.6 Å². The molecule has 0 bridgehead atoms. The second-order valence-corrected chi connectivity index (χ2v) is 8.45. The van der Waals surface area contributed by atoms with Gasteiger partial charge < -0.3 is 9.88 Å². The molecule has 5 heteroatoms. The summed E-state index contributed by atoms with van der Waals surface area (Å²) >= 11 is 6.19. The first-order valence-electron chi connectivity index (χ1n) is 10.3. The van der Waals surface area contributed by atoms with Crippen LogP contribution in [-0.2, 0) is 5.88 Å². The summed E-state index contributed by atoms with van der Waals surface area (Å²) in [7, 11) is 0. The molecule has 0 aliphatic heterocycles. The number of hydrogen-bond donors (Lipinski definition) is 1. The van der Waals surface area contributed by atoms with Crippen molar-refractivity contribution in [1.82, 2.24) is 15.0 Å². The zero-order valence-corrected chi connectivity index (χ0v) is 18.0. The number of aromatic nitrogens is 3. The highest BCUT2D eigenvalue weighted by Gasteiger charge is 2.27. The van der Waals surface area contributed by atoms with Crippen LogP contribution in [0.25, 0.3) is 22.2 Å². The second-order valence-electron chi connectivity index (χ2n) is 8.19. The Bertz CT molecular complexity index is 980. The van der Waals surface area contributed by atoms with E-state index in [0.29, 0.717) is 11.7 Å². The molecule has 3 aromatic rings. The molecule has 1 fully saturated rings. The molecule has 0 spiro atoms. The molecule has 1 aliphatic carbocycles. The SMILES string of the molecule is CCCN(CC1CC1)c1nc(CCl)nc2c(-c3c(C)cc(C)cc3C)c[nH]c12. The molecule has 148 valence electrons. The van der Waals surface area contributed by atoms with Crippen molar-refractivity contribution in [3.63, 3.8) is 0 Å². The maximum Gasteiger partial charge on any atom is 0.156 e. The number of H-pyrrole nitrogens is 1. The van der Waals surface area contributed by atoms with Crippen LogP contribution >= 0.6 is 11.6 Å². The topological polar surface area (TPSA) is 44.8 Å². The van der Waals surface area contributed by atoms with E-state index in [1.807, 2.05) is 0 Å². The van der Waals surface area contributed by atoms with Crippen LogP contribution in [0.2, 0.25) is 0 Å². The zero-order chi connectivity index (χ0) is 19.8. The lowest BCUT2D eigenvalue weighted by Crippen LogP contribution is -2.28. The normalized spacial score (nSPS) is 14.0. The van der Waals surface area contributed by atoms with Gasteiger partial charge in [0.05, 0.1) is 5.88 Å². The Kier molecular flexibility index (Phi) is 5.33. The summed E-state index contributed by atoms with van der Waals surface area (Å²) in [6, 6.07) is 4.48. The molecule has 0 amide bonds. The fourth-order valence-corrected chi connectivity index (χ4v) is 4.40. The van der Waals surface area contributed by atoms with Crippen molar-refractivity contribution >= 4 is 28.5 Å². The Balaban J connectivity index is 1.89. The number of anilines is 1. The Morgan fingerprint density at radius 2 is 1.86 bits per heavy atom. The number of halogens is 1. The average Bonchev–Trinajstić information content (AvgIpc) is 3.38. The van der Waals surface area contributed by atoms with Gasteiger partial charge in [0.15, 0.2) is 5.82 Å². The fourth-order valence-electron chi connectivity index (χ4n) is 4.28. The quantitative estimate of drug-likeness (QED) is 0.504. The predicted octanol–water partition coefficient (Wildman–Crippen LogP) is 5.92. The molecule has 28 heavy (non-hydrogen) atoms. The molecule has 0 unspecified atom stereocenters. The monoisotopic (exact) mass is 396 g/mol. The van der Waals surface area contributed by atoms with Gasteiger partial charge in [-0.05, 0) is 62.6 Å². The van der Waals surface area contributed by atoms with E-state index in [9.17, 15) is 0 Å². The molecular formula is C23H29ClN4. The number of hydrogen-bond acceptors (Lipinski definition) is 3. The summed E-state index contributed by atoms with van der Waals surface area (Å²) in [5, 5.41) is 0. The molecular weight excluding hydrogens is 368 g/mol. The first-order valence-corrected chi connectivity index (χ1v) is 10.8. The number of alkyl halides is 1. The van der Waals surface area contributed by atoms with Crippen LogP contribution in [-0.4, -0.2) is 28.0 Å². The van der Waals surface area contributed by atoms with Crippen LogP contribution in [0.15, 0.2) is 18.3 Å². The van der Waals surface area contributed by atoms with E-state index < -0.39 is 0 Å². The van der Waals surface area contributed by atoms with Gasteiger partial charge in [-0.1, -0.05) is 24.6 Å². The Hall–Kier alpha value is -2.07. The first-order chi connectivity index (χ1) is 13.5. The largest absolute Gasteiger partial charge is 0.356 e. The summed E-state index contributed by atoms with van der Waals surface area (Å²) in [6.07, 6.45) is 5.84. The van der Waals surface area contributed by atoms with Gasteiger partial charge in [0.25, 0.3) is 0 Å². The van der Waals surface area contributed by atoms with E-state index in [1.54, 1.807) is 0 Å². The Morgan fingerprint density at radius 1 is 1.14 bits per heavy atom. The summed E-state index contributed by atoms with van der Waals surface area (Å²) in [4.78, 5) is 15.6. The summed E-state index contributed by atoms with van der Waals surface area (Å²) in [6.45, 7) is 10.8. The van der Waals surface area contributed by atoms with E-state index >= 15 is 0 Å². The van der Waals surface area contributed by atoms with Gasteiger partial charge in [-0.15, -0.1) is 11.6 Å². The zero-order valence-electron chi connectivity index (χ0n) is 17.3. The summed E-state index contributed by atoms with van der Waals surface area (Å²) < 4.78 is 0. The van der Waals surface area contributed by atoms with Crippen LogP contribution in [0.1, 0.15) is 48.7 Å². The van der Waals surface area contributed by atoms with Crippen molar-refractivity contribution in [3.8, 4) is 11.1 Å². The summed E-state index contributed by atoms with van der Waals surface area (Å²) in [5.41, 5.74) is 8.23. The minimum atomic E-state index is 0.322. The molecule has 1 aliphatic rings. The lowest BCUT2D eigenvalue weighted by atomic mass is 9.95. The van der Waals surface area contributed by atoms with Gasteiger partial charge in [0.1, 0.15) is 16.9 Å². The van der Waals surface area contributed by atoms with Crippen LogP contribution in [0.4, 0.5) is 5.82 Å². The maximum atomic E-state index is 6.19. The third-order valence-electron chi connectivity index (χ3n) is 5.59. The minimum absolute atomic E-state index is 0.322. The molecule has 0 radical (unpaired) electrons. The van der Waals surface area contributed by atoms with E-state index in [-0.39, 0.29) is 0 Å². The van der Waals surface area contributed by atoms with Crippen molar-refractivity contribution in [2.75, 3.05) is 18.0 Å². The van der Waals surface area contributed by atoms with Crippen LogP contribution in [0.5, 0.6) is 0 Å². The van der Waals surface area contributed by atoms with Gasteiger partial charge in [-0.2, -0.15) is 0 Å². The van der Waals surface area contributed by atoms with Crippen molar-refractivity contribution in [1.29, 1.82) is 0 Å². The number of benzene rings is 1. The van der Waals surface area contributed by atoms with Crippen LogP contribution in [0, 0.1) is 26.7 Å². The van der Waals surface area contributed by atoms with E-state index in [1.165, 1.54) is 35.1 Å². The number of aryl methyl sites for hydroxylation is 3. The molecule has 0 atom stereocenters. The average molecular weight is 397 g/mol. The highest BCUT2D eigenvalue weighted by molar-refractivity contribution is 6.16. The number of rotatable bonds is 7. The van der Waals surface area contributed by atoms with Gasteiger partial charge in [-0.25, -0.2) is 9.97 Å². The van der Waals surface area contributed by atoms with Crippen molar-refractivity contribution in [2.24, 2.45) is 5.92 Å². The first kappa shape index (κ1) is 19.3. The lowest BCUT2D eigenvalue weighted by molar-refractivity contribution is 0.698. The number of fused-ring (bicyclic) bond motifs is 1. The molecule has 1 aromatic carbocycles. The number of nitrogens with zero attached hydrogens (tertiary/aromatic N) is 3. The molecule has 1 saturated carbocycles. The predicted molar refractivity (Wildman–Crippen MR) is 118 cm³/mol. The minimum Gasteiger partial charge on any atom is -0.356 e. The molecule has 1 N–H and O–H groups in total. The summed E-state index contributed by atoms with van der Waals surface area (Å²) in [5.74, 6) is 2.82. The molecule has 4 nitrogen and oxygen atoms in total. The molecule has 4 rings (SSSR count). The van der Waals surface area contributed by atoms with Crippen molar-refractivity contribution < 1.29 is 0 Å². The number of nitrogens with one attached hydrogen (secondary N) is 1. The maximum absolute atomic E-state index is 6.19. The van der Waals surface area contributed by atoms with Crippen molar-refractivity contribution in [3.05, 3.63) is 40.8 Å².